The highest BCUT2D eigenvalue weighted by Crippen LogP contribution is 2.30. The second kappa shape index (κ2) is 2.79. The van der Waals surface area contributed by atoms with Crippen LogP contribution in [-0.4, -0.2) is 23.5 Å². The van der Waals surface area contributed by atoms with Crippen molar-refractivity contribution in [1.29, 1.82) is 0 Å². The first-order valence-electron chi connectivity index (χ1n) is 4.08. The fourth-order valence-corrected chi connectivity index (χ4v) is 1.90. The molecule has 0 saturated carbocycles. The summed E-state index contributed by atoms with van der Waals surface area (Å²) in [4.78, 5) is 10.2. The molecule has 12 heavy (non-hydrogen) atoms. The third kappa shape index (κ3) is 1.30. The van der Waals surface area contributed by atoms with Gasteiger partial charge in [0.2, 0.25) is 0 Å². The molecule has 4 nitrogen and oxygen atoms in total. The topological polar surface area (TPSA) is 58.6 Å². The van der Waals surface area contributed by atoms with Crippen LogP contribution in [0.5, 0.6) is 0 Å². The zero-order chi connectivity index (χ0) is 8.55. The number of fused-ring (bicyclic) bond motifs is 1. The summed E-state index contributed by atoms with van der Waals surface area (Å²) in [7, 11) is 0. The van der Waals surface area contributed by atoms with Gasteiger partial charge in [0.1, 0.15) is 0 Å². The zero-order valence-corrected chi connectivity index (χ0v) is 6.56. The standard InChI is InChI=1S/C8H11NO3/c10-8(11)12-7-4-5-2-1-3-6(5)9-7/h1,3,5-7,9H,2,4H2,(H,10,11)/t5-,6-,7?/m1/s1. The molecule has 4 heteroatoms. The van der Waals surface area contributed by atoms with Gasteiger partial charge in [-0.2, -0.15) is 0 Å². The molecule has 1 saturated heterocycles. The number of nitrogens with one attached hydrogen (secondary N) is 1. The van der Waals surface area contributed by atoms with Crippen LogP contribution in [-0.2, 0) is 4.74 Å². The maximum atomic E-state index is 10.2. The van der Waals surface area contributed by atoms with Gasteiger partial charge >= 0.3 is 6.16 Å². The summed E-state index contributed by atoms with van der Waals surface area (Å²) in [5.41, 5.74) is 0. The average molecular weight is 169 g/mol. The molecule has 2 rings (SSSR count). The number of hydrogen-bond donors (Lipinski definition) is 2. The van der Waals surface area contributed by atoms with E-state index >= 15 is 0 Å². The fraction of sp³-hybridized carbons (Fsp3) is 0.625. The van der Waals surface area contributed by atoms with Crippen molar-refractivity contribution in [3.05, 3.63) is 12.2 Å². The van der Waals surface area contributed by atoms with Crippen molar-refractivity contribution in [2.75, 3.05) is 0 Å². The van der Waals surface area contributed by atoms with Gasteiger partial charge in [-0.1, -0.05) is 12.2 Å². The molecule has 1 aliphatic heterocycles. The van der Waals surface area contributed by atoms with Crippen molar-refractivity contribution in [3.8, 4) is 0 Å². The summed E-state index contributed by atoms with van der Waals surface area (Å²) in [5, 5.41) is 11.5. The maximum Gasteiger partial charge on any atom is 0.507 e. The molecule has 66 valence electrons. The van der Waals surface area contributed by atoms with Crippen LogP contribution < -0.4 is 5.32 Å². The van der Waals surface area contributed by atoms with E-state index in [4.69, 9.17) is 5.11 Å². The average Bonchev–Trinajstić information content (AvgIpc) is 2.43. The van der Waals surface area contributed by atoms with Crippen molar-refractivity contribution in [2.45, 2.75) is 25.1 Å². The van der Waals surface area contributed by atoms with Gasteiger partial charge in [0.05, 0.1) is 0 Å². The minimum atomic E-state index is -1.20. The lowest BCUT2D eigenvalue weighted by Crippen LogP contribution is -2.31. The monoisotopic (exact) mass is 169 g/mol. The number of rotatable bonds is 1. The number of allylic oxidation sites excluding steroid dienone is 1. The Labute approximate surface area is 70.2 Å². The summed E-state index contributed by atoms with van der Waals surface area (Å²) < 4.78 is 4.62. The molecule has 1 fully saturated rings. The lowest BCUT2D eigenvalue weighted by molar-refractivity contribution is 0.0434. The minimum absolute atomic E-state index is 0.303. The summed E-state index contributed by atoms with van der Waals surface area (Å²) in [6.07, 6.45) is 4.54. The fourth-order valence-electron chi connectivity index (χ4n) is 1.90. The molecule has 0 aromatic heterocycles. The summed E-state index contributed by atoms with van der Waals surface area (Å²) in [5.74, 6) is 0.536. The van der Waals surface area contributed by atoms with Gasteiger partial charge < -0.3 is 9.84 Å². The highest BCUT2D eigenvalue weighted by molar-refractivity contribution is 5.57. The molecule has 2 N–H and O–H groups in total. The van der Waals surface area contributed by atoms with E-state index in [1.165, 1.54) is 0 Å². The molecule has 1 aliphatic carbocycles. The van der Waals surface area contributed by atoms with Crippen LogP contribution in [0.2, 0.25) is 0 Å². The highest BCUT2D eigenvalue weighted by atomic mass is 16.7. The normalized spacial score (nSPS) is 38.2. The molecule has 0 spiro atoms. The first-order valence-corrected chi connectivity index (χ1v) is 4.08. The van der Waals surface area contributed by atoms with E-state index in [1.807, 2.05) is 0 Å². The lowest BCUT2D eigenvalue weighted by Gasteiger charge is -2.09. The molecular formula is C8H11NO3. The van der Waals surface area contributed by atoms with E-state index in [2.05, 4.69) is 22.2 Å². The third-order valence-corrected chi connectivity index (χ3v) is 2.43. The Balaban J connectivity index is 1.90. The van der Waals surface area contributed by atoms with Crippen molar-refractivity contribution in [3.63, 3.8) is 0 Å². The van der Waals surface area contributed by atoms with Gasteiger partial charge in [0.15, 0.2) is 6.23 Å². The van der Waals surface area contributed by atoms with Crippen molar-refractivity contribution < 1.29 is 14.6 Å². The van der Waals surface area contributed by atoms with Crippen LogP contribution in [0.25, 0.3) is 0 Å². The van der Waals surface area contributed by atoms with Gasteiger partial charge in [-0.25, -0.2) is 4.79 Å². The Kier molecular flexibility index (Phi) is 1.77. The first-order chi connectivity index (χ1) is 5.75. The smallest absolute Gasteiger partial charge is 0.450 e. The predicted molar refractivity (Wildman–Crippen MR) is 41.7 cm³/mol. The van der Waals surface area contributed by atoms with Crippen molar-refractivity contribution in [1.82, 2.24) is 5.32 Å². The van der Waals surface area contributed by atoms with Crippen LogP contribution >= 0.6 is 0 Å². The van der Waals surface area contributed by atoms with Gasteiger partial charge in [0.25, 0.3) is 0 Å². The van der Waals surface area contributed by atoms with Gasteiger partial charge in [0, 0.05) is 12.5 Å². The molecule has 1 unspecified atom stereocenters. The highest BCUT2D eigenvalue weighted by Gasteiger charge is 2.35. The molecule has 0 amide bonds. The van der Waals surface area contributed by atoms with Crippen molar-refractivity contribution >= 4 is 6.16 Å². The quantitative estimate of drug-likeness (QED) is 0.453. The maximum absolute atomic E-state index is 10.2. The number of hydrogen-bond acceptors (Lipinski definition) is 3. The van der Waals surface area contributed by atoms with E-state index < -0.39 is 6.16 Å². The largest absolute Gasteiger partial charge is 0.507 e. The van der Waals surface area contributed by atoms with Crippen LogP contribution in [0.1, 0.15) is 12.8 Å². The molecule has 0 aromatic carbocycles. The second-order valence-corrected chi connectivity index (χ2v) is 3.22. The Morgan fingerprint density at radius 3 is 3.17 bits per heavy atom. The zero-order valence-electron chi connectivity index (χ0n) is 6.56. The third-order valence-electron chi connectivity index (χ3n) is 2.43. The van der Waals surface area contributed by atoms with E-state index in [0.29, 0.717) is 12.0 Å². The first kappa shape index (κ1) is 7.61. The SMILES string of the molecule is O=C(O)OC1C[C@H]2CC=C[C@H]2N1. The lowest BCUT2D eigenvalue weighted by atomic mass is 10.0. The van der Waals surface area contributed by atoms with Gasteiger partial charge in [-0.3, -0.25) is 5.32 Å². The number of ether oxygens (including phenoxy) is 1. The van der Waals surface area contributed by atoms with E-state index in [-0.39, 0.29) is 6.23 Å². The molecule has 0 radical (unpaired) electrons. The molecule has 0 aromatic rings. The van der Waals surface area contributed by atoms with Crippen LogP contribution in [0.3, 0.4) is 0 Å². The summed E-state index contributed by atoms with van der Waals surface area (Å²) >= 11 is 0. The van der Waals surface area contributed by atoms with E-state index in [0.717, 1.165) is 12.8 Å². The summed E-state index contributed by atoms with van der Waals surface area (Å²) in [6, 6.07) is 0.328. The van der Waals surface area contributed by atoms with E-state index in [1.54, 1.807) is 0 Å². The number of carbonyl (C=O) groups is 1. The Bertz CT molecular complexity index is 226. The Hall–Kier alpha value is -1.03. The molecule has 2 aliphatic rings. The Morgan fingerprint density at radius 2 is 2.50 bits per heavy atom. The second-order valence-electron chi connectivity index (χ2n) is 3.22. The number of carboxylic acid groups (broad SMARTS) is 1. The minimum Gasteiger partial charge on any atom is -0.450 e. The molecular weight excluding hydrogens is 158 g/mol. The van der Waals surface area contributed by atoms with E-state index in [9.17, 15) is 4.79 Å². The molecule has 3 atom stereocenters. The van der Waals surface area contributed by atoms with Gasteiger partial charge in [-0.15, -0.1) is 0 Å². The summed E-state index contributed by atoms with van der Waals surface area (Å²) in [6.45, 7) is 0. The van der Waals surface area contributed by atoms with Crippen LogP contribution in [0.4, 0.5) is 4.79 Å². The predicted octanol–water partition coefficient (Wildman–Crippen LogP) is 0.945. The molecule has 1 heterocycles. The van der Waals surface area contributed by atoms with Crippen LogP contribution in [0.15, 0.2) is 12.2 Å². The van der Waals surface area contributed by atoms with Crippen LogP contribution in [0, 0.1) is 5.92 Å². The molecule has 0 bridgehead atoms. The Morgan fingerprint density at radius 1 is 1.67 bits per heavy atom. The van der Waals surface area contributed by atoms with Crippen molar-refractivity contribution in [2.24, 2.45) is 5.92 Å². The van der Waals surface area contributed by atoms with Gasteiger partial charge in [-0.05, 0) is 12.3 Å².